The quantitative estimate of drug-likeness (QED) is 0.730. The Bertz CT molecular complexity index is 1240. The molecule has 0 saturated heterocycles. The van der Waals surface area contributed by atoms with Gasteiger partial charge in [-0.15, -0.1) is 0 Å². The average molecular weight is 432 g/mol. The molecule has 1 atom stereocenters. The van der Waals surface area contributed by atoms with Crippen LogP contribution in [0.4, 0.5) is 10.1 Å². The van der Waals surface area contributed by atoms with Gasteiger partial charge in [-0.3, -0.25) is 4.90 Å². The lowest BCUT2D eigenvalue weighted by Crippen LogP contribution is -2.41. The highest BCUT2D eigenvalue weighted by atomic mass is 19.1. The number of carbonyl (C=O) groups is 2. The van der Waals surface area contributed by atoms with E-state index in [0.29, 0.717) is 5.56 Å². The van der Waals surface area contributed by atoms with Gasteiger partial charge in [0.05, 0.1) is 43.0 Å². The van der Waals surface area contributed by atoms with Crippen molar-refractivity contribution in [3.8, 4) is 12.1 Å². The summed E-state index contributed by atoms with van der Waals surface area (Å²) in [6.45, 7) is 0. The normalized spacial score (nSPS) is 15.7. The van der Waals surface area contributed by atoms with Gasteiger partial charge >= 0.3 is 11.9 Å². The minimum absolute atomic E-state index is 0.0857. The molecular weight excluding hydrogens is 415 g/mol. The van der Waals surface area contributed by atoms with Crippen LogP contribution in [0.1, 0.15) is 17.0 Å². The molecule has 160 valence electrons. The largest absolute Gasteiger partial charge is 0.466 e. The van der Waals surface area contributed by atoms with Crippen molar-refractivity contribution in [2.75, 3.05) is 19.1 Å². The SMILES string of the molecule is COC(=O)C1=C(C(=O)OC)N(c2cccc(F)c2C#N)C(N)=C(C#N)C1c1ccccc1. The predicted octanol–water partition coefficient (Wildman–Crippen LogP) is 2.60. The molecule has 1 aliphatic heterocycles. The molecule has 0 spiro atoms. The van der Waals surface area contributed by atoms with Crippen LogP contribution < -0.4 is 10.6 Å². The number of ether oxygens (including phenoxy) is 2. The molecular formula is C23H17FN4O4. The predicted molar refractivity (Wildman–Crippen MR) is 111 cm³/mol. The average Bonchev–Trinajstić information content (AvgIpc) is 2.82. The van der Waals surface area contributed by atoms with Crippen molar-refractivity contribution >= 4 is 17.6 Å². The first-order chi connectivity index (χ1) is 15.4. The Labute approximate surface area is 183 Å². The van der Waals surface area contributed by atoms with Gasteiger partial charge in [0.2, 0.25) is 0 Å². The van der Waals surface area contributed by atoms with Crippen molar-refractivity contribution in [2.24, 2.45) is 5.73 Å². The number of halogens is 1. The lowest BCUT2D eigenvalue weighted by atomic mass is 9.80. The number of hydrogen-bond acceptors (Lipinski definition) is 8. The van der Waals surface area contributed by atoms with Crippen LogP contribution in [0, 0.1) is 28.5 Å². The van der Waals surface area contributed by atoms with E-state index in [1.807, 2.05) is 6.07 Å². The van der Waals surface area contributed by atoms with Crippen LogP contribution >= 0.6 is 0 Å². The topological polar surface area (TPSA) is 129 Å². The Hall–Kier alpha value is -4.63. The van der Waals surface area contributed by atoms with Crippen molar-refractivity contribution in [2.45, 2.75) is 5.92 Å². The molecule has 0 radical (unpaired) electrons. The van der Waals surface area contributed by atoms with Crippen LogP contribution in [-0.4, -0.2) is 26.2 Å². The van der Waals surface area contributed by atoms with Gasteiger partial charge in [0.15, 0.2) is 0 Å². The third kappa shape index (κ3) is 3.53. The summed E-state index contributed by atoms with van der Waals surface area (Å²) in [5, 5.41) is 19.5. The molecule has 1 aliphatic rings. The third-order valence-corrected chi connectivity index (χ3v) is 4.95. The maximum absolute atomic E-state index is 14.4. The van der Waals surface area contributed by atoms with E-state index in [2.05, 4.69) is 0 Å². The highest BCUT2D eigenvalue weighted by molar-refractivity contribution is 6.06. The lowest BCUT2D eigenvalue weighted by Gasteiger charge is -2.36. The Balaban J connectivity index is 2.48. The molecule has 2 aromatic rings. The lowest BCUT2D eigenvalue weighted by molar-refractivity contribution is -0.139. The molecule has 0 fully saturated rings. The Morgan fingerprint density at radius 2 is 1.66 bits per heavy atom. The van der Waals surface area contributed by atoms with Crippen molar-refractivity contribution in [3.63, 3.8) is 0 Å². The summed E-state index contributed by atoms with van der Waals surface area (Å²) in [6.07, 6.45) is 0. The number of anilines is 1. The molecule has 32 heavy (non-hydrogen) atoms. The van der Waals surface area contributed by atoms with Crippen LogP contribution in [0.15, 0.2) is 71.2 Å². The van der Waals surface area contributed by atoms with Gasteiger partial charge in [-0.1, -0.05) is 36.4 Å². The molecule has 1 heterocycles. The fraction of sp³-hybridized carbons (Fsp3) is 0.130. The number of rotatable bonds is 4. The molecule has 2 N–H and O–H groups in total. The zero-order valence-electron chi connectivity index (χ0n) is 17.1. The van der Waals surface area contributed by atoms with Crippen molar-refractivity contribution in [1.29, 1.82) is 10.5 Å². The molecule has 9 heteroatoms. The van der Waals surface area contributed by atoms with E-state index >= 15 is 0 Å². The van der Waals surface area contributed by atoms with Gasteiger partial charge in [-0.2, -0.15) is 10.5 Å². The molecule has 0 saturated carbocycles. The van der Waals surface area contributed by atoms with Gasteiger partial charge in [0.1, 0.15) is 29.0 Å². The van der Waals surface area contributed by atoms with Crippen LogP contribution in [0.2, 0.25) is 0 Å². The smallest absolute Gasteiger partial charge is 0.355 e. The van der Waals surface area contributed by atoms with E-state index in [4.69, 9.17) is 15.2 Å². The molecule has 0 aromatic heterocycles. The first-order valence-electron chi connectivity index (χ1n) is 9.25. The van der Waals surface area contributed by atoms with E-state index in [9.17, 15) is 24.5 Å². The Morgan fingerprint density at radius 1 is 1.00 bits per heavy atom. The molecule has 3 rings (SSSR count). The minimum atomic E-state index is -1.06. The van der Waals surface area contributed by atoms with Crippen LogP contribution in [-0.2, 0) is 19.1 Å². The fourth-order valence-corrected chi connectivity index (χ4v) is 3.57. The summed E-state index contributed by atoms with van der Waals surface area (Å²) in [7, 11) is 2.21. The zero-order chi connectivity index (χ0) is 23.4. The fourth-order valence-electron chi connectivity index (χ4n) is 3.57. The molecule has 0 bridgehead atoms. The van der Waals surface area contributed by atoms with E-state index < -0.39 is 29.2 Å². The Kier molecular flexibility index (Phi) is 6.22. The van der Waals surface area contributed by atoms with E-state index in [1.165, 1.54) is 12.1 Å². The second kappa shape index (κ2) is 9.02. The number of esters is 2. The summed E-state index contributed by atoms with van der Waals surface area (Å²) < 4.78 is 24.2. The number of nitrogens with zero attached hydrogens (tertiary/aromatic N) is 3. The summed E-state index contributed by atoms with van der Waals surface area (Å²) in [4.78, 5) is 26.8. The number of allylic oxidation sites excluding steroid dienone is 1. The maximum atomic E-state index is 14.4. The number of nitrogens with two attached hydrogens (primary N) is 1. The number of benzene rings is 2. The van der Waals surface area contributed by atoms with Crippen LogP contribution in [0.5, 0.6) is 0 Å². The molecule has 0 aliphatic carbocycles. The van der Waals surface area contributed by atoms with E-state index in [1.54, 1.807) is 36.4 Å². The molecule has 1 unspecified atom stereocenters. The van der Waals surface area contributed by atoms with Crippen LogP contribution in [0.25, 0.3) is 0 Å². The molecule has 0 amide bonds. The maximum Gasteiger partial charge on any atom is 0.355 e. The van der Waals surface area contributed by atoms with Crippen molar-refractivity contribution < 1.29 is 23.5 Å². The summed E-state index contributed by atoms with van der Waals surface area (Å²) >= 11 is 0. The van der Waals surface area contributed by atoms with Crippen LogP contribution in [0.3, 0.4) is 0 Å². The van der Waals surface area contributed by atoms with Gasteiger partial charge in [-0.05, 0) is 17.7 Å². The van der Waals surface area contributed by atoms with E-state index in [-0.39, 0.29) is 28.4 Å². The number of methoxy groups -OCH3 is 2. The Morgan fingerprint density at radius 3 is 2.22 bits per heavy atom. The first kappa shape index (κ1) is 22.1. The van der Waals surface area contributed by atoms with Gasteiger partial charge < -0.3 is 15.2 Å². The second-order valence-electron chi connectivity index (χ2n) is 6.58. The molecule has 2 aromatic carbocycles. The summed E-state index contributed by atoms with van der Waals surface area (Å²) in [6, 6.07) is 15.9. The molecule has 8 nitrogen and oxygen atoms in total. The standard InChI is InChI=1S/C23H17FN4O4/c1-31-22(29)19-18(13-7-4-3-5-8-13)15(12-26)21(27)28(20(19)23(30)32-2)17-10-6-9-16(24)14(17)11-25/h3-10,18H,27H2,1-2H3. The third-order valence-electron chi connectivity index (χ3n) is 4.95. The van der Waals surface area contributed by atoms with Gasteiger partial charge in [-0.25, -0.2) is 14.0 Å². The number of carbonyl (C=O) groups excluding carboxylic acids is 2. The van der Waals surface area contributed by atoms with Gasteiger partial charge in [0, 0.05) is 0 Å². The number of nitriles is 2. The van der Waals surface area contributed by atoms with Crippen molar-refractivity contribution in [3.05, 3.63) is 88.1 Å². The second-order valence-corrected chi connectivity index (χ2v) is 6.58. The summed E-state index contributed by atoms with van der Waals surface area (Å²) in [5.74, 6) is -4.08. The van der Waals surface area contributed by atoms with Crippen molar-refractivity contribution in [1.82, 2.24) is 0 Å². The van der Waals surface area contributed by atoms with Gasteiger partial charge in [0.25, 0.3) is 0 Å². The number of hydrogen-bond donors (Lipinski definition) is 1. The van der Waals surface area contributed by atoms with E-state index in [0.717, 1.165) is 25.2 Å². The highest BCUT2D eigenvalue weighted by Gasteiger charge is 2.43. The minimum Gasteiger partial charge on any atom is -0.466 e. The summed E-state index contributed by atoms with van der Waals surface area (Å²) in [5.41, 5.74) is 5.54. The highest BCUT2D eigenvalue weighted by Crippen LogP contribution is 2.43. The monoisotopic (exact) mass is 432 g/mol. The zero-order valence-corrected chi connectivity index (χ0v) is 17.1. The first-order valence-corrected chi connectivity index (χ1v) is 9.25.